The molecule has 0 spiro atoms. The molecule has 3 rings (SSSR count). The minimum atomic E-state index is 0.178. The summed E-state index contributed by atoms with van der Waals surface area (Å²) in [6.07, 6.45) is 4.85. The van der Waals surface area contributed by atoms with E-state index in [0.717, 1.165) is 24.7 Å². The summed E-state index contributed by atoms with van der Waals surface area (Å²) in [7, 11) is 0. The molecule has 1 fully saturated rings. The van der Waals surface area contributed by atoms with Crippen molar-refractivity contribution < 1.29 is 0 Å². The van der Waals surface area contributed by atoms with Gasteiger partial charge in [-0.2, -0.15) is 5.10 Å². The largest absolute Gasteiger partial charge is 0.310 e. The first kappa shape index (κ1) is 17.2. The fourth-order valence-electron chi connectivity index (χ4n) is 2.83. The molecule has 1 heterocycles. The molecule has 1 aliphatic carbocycles. The van der Waals surface area contributed by atoms with Crippen LogP contribution in [0, 0.1) is 0 Å². The van der Waals surface area contributed by atoms with E-state index in [1.807, 2.05) is 0 Å². The normalized spacial score (nSPS) is 15.0. The highest BCUT2D eigenvalue weighted by Crippen LogP contribution is 2.37. The summed E-state index contributed by atoms with van der Waals surface area (Å²) >= 11 is 0. The van der Waals surface area contributed by atoms with Gasteiger partial charge < -0.3 is 5.32 Å². The van der Waals surface area contributed by atoms with Gasteiger partial charge in [0.2, 0.25) is 0 Å². The van der Waals surface area contributed by atoms with Crippen molar-refractivity contribution in [3.05, 3.63) is 35.7 Å². The Labute approximate surface area is 145 Å². The molecular formula is C20H30N4. The van der Waals surface area contributed by atoms with Crippen molar-refractivity contribution in [2.75, 3.05) is 6.54 Å². The number of hydrogen-bond acceptors (Lipinski definition) is 3. The Morgan fingerprint density at radius 1 is 1.17 bits per heavy atom. The first-order chi connectivity index (χ1) is 11.5. The predicted molar refractivity (Wildman–Crippen MR) is 99.0 cm³/mol. The fraction of sp³-hybridized carbons (Fsp3) is 0.600. The van der Waals surface area contributed by atoms with Crippen molar-refractivity contribution in [1.82, 2.24) is 20.1 Å². The number of hydrogen-bond donors (Lipinski definition) is 1. The van der Waals surface area contributed by atoms with Crippen molar-refractivity contribution in [2.24, 2.45) is 0 Å². The van der Waals surface area contributed by atoms with E-state index in [1.165, 1.54) is 36.8 Å². The van der Waals surface area contributed by atoms with E-state index in [1.54, 1.807) is 0 Å². The lowest BCUT2D eigenvalue weighted by Crippen LogP contribution is -2.15. The van der Waals surface area contributed by atoms with E-state index in [0.29, 0.717) is 6.04 Å². The van der Waals surface area contributed by atoms with Gasteiger partial charge in [0.25, 0.3) is 0 Å². The van der Waals surface area contributed by atoms with Crippen LogP contribution in [0.4, 0.5) is 0 Å². The Morgan fingerprint density at radius 2 is 1.88 bits per heavy atom. The number of benzene rings is 1. The zero-order valence-corrected chi connectivity index (χ0v) is 15.5. The molecule has 1 aliphatic rings. The van der Waals surface area contributed by atoms with Crippen LogP contribution in [0.5, 0.6) is 0 Å². The average Bonchev–Trinajstić information content (AvgIpc) is 3.31. The zero-order valence-electron chi connectivity index (χ0n) is 15.5. The Balaban J connectivity index is 1.80. The number of nitrogens with zero attached hydrogens (tertiary/aromatic N) is 3. The van der Waals surface area contributed by atoms with E-state index in [4.69, 9.17) is 10.1 Å². The highest BCUT2D eigenvalue weighted by molar-refractivity contribution is 5.56. The van der Waals surface area contributed by atoms with Crippen LogP contribution in [0.1, 0.15) is 70.8 Å². The van der Waals surface area contributed by atoms with Crippen molar-refractivity contribution in [3.63, 3.8) is 0 Å². The van der Waals surface area contributed by atoms with Crippen LogP contribution >= 0.6 is 0 Å². The van der Waals surface area contributed by atoms with E-state index in [2.05, 4.69) is 62.0 Å². The molecule has 1 aromatic heterocycles. The van der Waals surface area contributed by atoms with Gasteiger partial charge in [-0.1, -0.05) is 58.4 Å². The number of aromatic nitrogens is 3. The maximum Gasteiger partial charge on any atom is 0.165 e. The van der Waals surface area contributed by atoms with Gasteiger partial charge in [-0.25, -0.2) is 9.67 Å². The third-order valence-corrected chi connectivity index (χ3v) is 4.57. The molecule has 0 radical (unpaired) electrons. The van der Waals surface area contributed by atoms with Gasteiger partial charge in [-0.15, -0.1) is 0 Å². The summed E-state index contributed by atoms with van der Waals surface area (Å²) in [5.41, 5.74) is 2.70. The number of rotatable bonds is 7. The van der Waals surface area contributed by atoms with Crippen LogP contribution < -0.4 is 5.32 Å². The maximum atomic E-state index is 4.82. The molecular weight excluding hydrogens is 296 g/mol. The monoisotopic (exact) mass is 326 g/mol. The lowest BCUT2D eigenvalue weighted by Gasteiger charge is -2.19. The molecule has 1 N–H and O–H groups in total. The maximum absolute atomic E-state index is 4.82. The lowest BCUT2D eigenvalue weighted by atomic mass is 9.87. The van der Waals surface area contributed by atoms with Crippen LogP contribution in [0.25, 0.3) is 11.4 Å². The van der Waals surface area contributed by atoms with Crippen molar-refractivity contribution in [2.45, 2.75) is 71.4 Å². The molecule has 130 valence electrons. The molecule has 2 aromatic rings. The smallest absolute Gasteiger partial charge is 0.165 e. The molecule has 24 heavy (non-hydrogen) atoms. The Kier molecular flexibility index (Phi) is 5.04. The van der Waals surface area contributed by atoms with Crippen LogP contribution in [0.15, 0.2) is 24.3 Å². The summed E-state index contributed by atoms with van der Waals surface area (Å²) in [6.45, 7) is 10.7. The molecule has 1 aromatic carbocycles. The highest BCUT2D eigenvalue weighted by Gasteiger charge is 2.28. The van der Waals surface area contributed by atoms with Gasteiger partial charge in [0.15, 0.2) is 11.6 Å². The second-order valence-electron chi connectivity index (χ2n) is 7.89. The molecule has 0 unspecified atom stereocenters. The predicted octanol–water partition coefficient (Wildman–Crippen LogP) is 4.47. The van der Waals surface area contributed by atoms with E-state index in [9.17, 15) is 0 Å². The first-order valence-electron chi connectivity index (χ1n) is 9.26. The molecule has 0 aliphatic heterocycles. The van der Waals surface area contributed by atoms with Gasteiger partial charge in [0.05, 0.1) is 12.6 Å². The van der Waals surface area contributed by atoms with Crippen LogP contribution in [0.2, 0.25) is 0 Å². The Morgan fingerprint density at radius 3 is 2.46 bits per heavy atom. The molecule has 4 nitrogen and oxygen atoms in total. The van der Waals surface area contributed by atoms with E-state index >= 15 is 0 Å². The summed E-state index contributed by atoms with van der Waals surface area (Å²) in [5.74, 6) is 1.93. The third kappa shape index (κ3) is 4.04. The SMILES string of the molecule is CCCCNCc1nc(-c2ccc(C(C)(C)C)cc2)n(C2CC2)n1. The molecule has 0 bridgehead atoms. The molecule has 1 saturated carbocycles. The molecule has 4 heteroatoms. The second-order valence-corrected chi connectivity index (χ2v) is 7.89. The van der Waals surface area contributed by atoms with Gasteiger partial charge in [0.1, 0.15) is 0 Å². The third-order valence-electron chi connectivity index (χ3n) is 4.57. The van der Waals surface area contributed by atoms with Gasteiger partial charge >= 0.3 is 0 Å². The summed E-state index contributed by atoms with van der Waals surface area (Å²) in [4.78, 5) is 4.82. The highest BCUT2D eigenvalue weighted by atomic mass is 15.4. The van der Waals surface area contributed by atoms with Gasteiger partial charge in [-0.05, 0) is 36.8 Å². The number of nitrogens with one attached hydrogen (secondary N) is 1. The minimum absolute atomic E-state index is 0.178. The van der Waals surface area contributed by atoms with Crippen molar-refractivity contribution in [1.29, 1.82) is 0 Å². The Hall–Kier alpha value is -1.68. The van der Waals surface area contributed by atoms with Crippen LogP contribution in [0.3, 0.4) is 0 Å². The summed E-state index contributed by atoms with van der Waals surface area (Å²) in [6, 6.07) is 9.37. The fourth-order valence-corrected chi connectivity index (χ4v) is 2.83. The van der Waals surface area contributed by atoms with Crippen LogP contribution in [-0.2, 0) is 12.0 Å². The zero-order chi connectivity index (χ0) is 17.2. The quantitative estimate of drug-likeness (QED) is 0.764. The summed E-state index contributed by atoms with van der Waals surface area (Å²) in [5, 5.41) is 8.21. The second kappa shape index (κ2) is 7.06. The topological polar surface area (TPSA) is 42.7 Å². The standard InChI is InChI=1S/C20H30N4/c1-5-6-13-21-14-18-22-19(24(23-18)17-11-12-17)15-7-9-16(10-8-15)20(2,3)4/h7-10,17,21H,5-6,11-14H2,1-4H3. The number of unbranched alkanes of at least 4 members (excludes halogenated alkanes) is 1. The van der Waals surface area contributed by atoms with Crippen LogP contribution in [-0.4, -0.2) is 21.3 Å². The molecule has 0 amide bonds. The van der Waals surface area contributed by atoms with Crippen molar-refractivity contribution >= 4 is 0 Å². The van der Waals surface area contributed by atoms with E-state index < -0.39 is 0 Å². The molecule has 0 atom stereocenters. The van der Waals surface area contributed by atoms with Gasteiger partial charge in [-0.3, -0.25) is 0 Å². The van der Waals surface area contributed by atoms with E-state index in [-0.39, 0.29) is 5.41 Å². The van der Waals surface area contributed by atoms with Gasteiger partial charge in [0, 0.05) is 5.56 Å². The average molecular weight is 326 g/mol. The lowest BCUT2D eigenvalue weighted by molar-refractivity contribution is 0.590. The Bertz CT molecular complexity index is 660. The molecule has 0 saturated heterocycles. The summed E-state index contributed by atoms with van der Waals surface area (Å²) < 4.78 is 2.14. The first-order valence-corrected chi connectivity index (χ1v) is 9.26. The minimum Gasteiger partial charge on any atom is -0.310 e. The van der Waals surface area contributed by atoms with Crippen molar-refractivity contribution in [3.8, 4) is 11.4 Å².